The summed E-state index contributed by atoms with van der Waals surface area (Å²) in [5, 5.41) is 9.81. The van der Waals surface area contributed by atoms with E-state index in [9.17, 15) is 9.90 Å². The van der Waals surface area contributed by atoms with Gasteiger partial charge in [-0.05, 0) is 62.6 Å². The third kappa shape index (κ3) is 5.65. The molecule has 0 unspecified atom stereocenters. The molecule has 0 bridgehead atoms. The highest BCUT2D eigenvalue weighted by Crippen LogP contribution is 2.21. The molecule has 114 valence electrons. The Balaban J connectivity index is 1.71. The maximum Gasteiger partial charge on any atom is 0.216 e. The lowest BCUT2D eigenvalue weighted by atomic mass is 10.0. The summed E-state index contributed by atoms with van der Waals surface area (Å²) in [5.41, 5.74) is 1.19. The molecular formula is C17H22O3S. The molecule has 0 spiro atoms. The fourth-order valence-electron chi connectivity index (χ4n) is 2.30. The number of carbonyl (C=O) groups is 1. The van der Waals surface area contributed by atoms with Gasteiger partial charge in [0, 0.05) is 11.5 Å². The van der Waals surface area contributed by atoms with Crippen LogP contribution in [0.5, 0.6) is 0 Å². The van der Waals surface area contributed by atoms with Crippen molar-refractivity contribution in [3.63, 3.8) is 0 Å². The molecule has 1 saturated heterocycles. The molecule has 4 heteroatoms. The van der Waals surface area contributed by atoms with Crippen molar-refractivity contribution in [3.05, 3.63) is 42.0 Å². The molecule has 1 heterocycles. The van der Waals surface area contributed by atoms with Gasteiger partial charge in [0.15, 0.2) is 0 Å². The van der Waals surface area contributed by atoms with E-state index in [4.69, 9.17) is 4.74 Å². The Bertz CT molecular complexity index is 481. The summed E-state index contributed by atoms with van der Waals surface area (Å²) in [5.74, 6) is 0. The van der Waals surface area contributed by atoms with E-state index in [-0.39, 0.29) is 17.3 Å². The first-order valence-corrected chi connectivity index (χ1v) is 8.21. The van der Waals surface area contributed by atoms with E-state index in [2.05, 4.69) is 0 Å². The first kappa shape index (κ1) is 16.3. The minimum absolute atomic E-state index is 0.0314. The van der Waals surface area contributed by atoms with Crippen molar-refractivity contribution in [2.24, 2.45) is 0 Å². The SMILES string of the molecule is Cc1ccc(SC(=O)/C=C/CC[C@H]2OCCC[C@@H]2O)cc1. The Morgan fingerprint density at radius 3 is 2.90 bits per heavy atom. The first-order chi connectivity index (χ1) is 10.1. The molecule has 1 aromatic rings. The number of allylic oxidation sites excluding steroid dienone is 1. The number of aryl methyl sites for hydroxylation is 1. The minimum Gasteiger partial charge on any atom is -0.390 e. The van der Waals surface area contributed by atoms with Crippen molar-refractivity contribution in [3.8, 4) is 0 Å². The molecule has 1 aromatic carbocycles. The zero-order valence-electron chi connectivity index (χ0n) is 12.3. The largest absolute Gasteiger partial charge is 0.390 e. The third-order valence-electron chi connectivity index (χ3n) is 3.52. The van der Waals surface area contributed by atoms with Crippen molar-refractivity contribution in [2.75, 3.05) is 6.61 Å². The quantitative estimate of drug-likeness (QED) is 0.668. The number of aliphatic hydroxyl groups excluding tert-OH is 1. The summed E-state index contributed by atoms with van der Waals surface area (Å²) in [6.45, 7) is 2.76. The van der Waals surface area contributed by atoms with Crippen LogP contribution in [0.1, 0.15) is 31.2 Å². The molecule has 2 rings (SSSR count). The van der Waals surface area contributed by atoms with Gasteiger partial charge < -0.3 is 9.84 Å². The van der Waals surface area contributed by atoms with Crippen LogP contribution in [-0.4, -0.2) is 29.0 Å². The average molecular weight is 306 g/mol. The number of hydrogen-bond acceptors (Lipinski definition) is 4. The number of carbonyl (C=O) groups excluding carboxylic acids is 1. The first-order valence-electron chi connectivity index (χ1n) is 7.40. The molecule has 0 radical (unpaired) electrons. The predicted octanol–water partition coefficient (Wildman–Crippen LogP) is 3.49. The Kier molecular flexibility index (Phi) is 6.49. The third-order valence-corrected chi connectivity index (χ3v) is 4.36. The Morgan fingerprint density at radius 1 is 1.43 bits per heavy atom. The lowest BCUT2D eigenvalue weighted by molar-refractivity contribution is -0.107. The van der Waals surface area contributed by atoms with Gasteiger partial charge in [0.25, 0.3) is 0 Å². The van der Waals surface area contributed by atoms with Gasteiger partial charge in [-0.25, -0.2) is 0 Å². The van der Waals surface area contributed by atoms with E-state index in [1.165, 1.54) is 17.3 Å². The number of hydrogen-bond donors (Lipinski definition) is 1. The summed E-state index contributed by atoms with van der Waals surface area (Å²) >= 11 is 1.23. The highest BCUT2D eigenvalue weighted by molar-refractivity contribution is 8.14. The summed E-state index contributed by atoms with van der Waals surface area (Å²) in [6.07, 6.45) is 6.30. The van der Waals surface area contributed by atoms with E-state index in [1.807, 2.05) is 37.3 Å². The monoisotopic (exact) mass is 306 g/mol. The maximum atomic E-state index is 11.8. The van der Waals surface area contributed by atoms with Crippen LogP contribution in [0.2, 0.25) is 0 Å². The highest BCUT2D eigenvalue weighted by atomic mass is 32.2. The van der Waals surface area contributed by atoms with Crippen molar-refractivity contribution >= 4 is 16.9 Å². The molecule has 1 aliphatic heterocycles. The van der Waals surface area contributed by atoms with Gasteiger partial charge >= 0.3 is 0 Å². The fourth-order valence-corrected chi connectivity index (χ4v) is 2.97. The summed E-state index contributed by atoms with van der Waals surface area (Å²) in [4.78, 5) is 12.8. The van der Waals surface area contributed by atoms with E-state index < -0.39 is 0 Å². The molecule has 0 aliphatic carbocycles. The number of rotatable bonds is 5. The minimum atomic E-state index is -0.357. The topological polar surface area (TPSA) is 46.5 Å². The second-order valence-corrected chi connectivity index (χ2v) is 6.41. The van der Waals surface area contributed by atoms with Crippen molar-refractivity contribution in [1.82, 2.24) is 0 Å². The molecule has 3 nitrogen and oxygen atoms in total. The van der Waals surface area contributed by atoms with Gasteiger partial charge in [0.05, 0.1) is 12.2 Å². The number of ether oxygens (including phenoxy) is 1. The molecule has 21 heavy (non-hydrogen) atoms. The Labute approximate surface area is 130 Å². The standard InChI is InChI=1S/C17H22O3S/c1-13-8-10-14(11-9-13)21-17(19)7-3-2-6-16-15(18)5-4-12-20-16/h3,7-11,15-16,18H,2,4-6,12H2,1H3/b7-3+/t15-,16+/m0/s1. The zero-order chi connectivity index (χ0) is 15.1. The molecule has 1 N–H and O–H groups in total. The lowest BCUT2D eigenvalue weighted by Crippen LogP contribution is -2.33. The van der Waals surface area contributed by atoms with E-state index in [1.54, 1.807) is 6.08 Å². The summed E-state index contributed by atoms with van der Waals surface area (Å²) < 4.78 is 5.53. The van der Waals surface area contributed by atoms with Crippen LogP contribution in [0.25, 0.3) is 0 Å². The van der Waals surface area contributed by atoms with E-state index >= 15 is 0 Å². The number of aliphatic hydroxyl groups is 1. The second kappa shape index (κ2) is 8.37. The van der Waals surface area contributed by atoms with Gasteiger partial charge in [-0.15, -0.1) is 0 Å². The highest BCUT2D eigenvalue weighted by Gasteiger charge is 2.22. The van der Waals surface area contributed by atoms with E-state index in [0.29, 0.717) is 0 Å². The molecule has 0 saturated carbocycles. The van der Waals surface area contributed by atoms with E-state index in [0.717, 1.165) is 37.2 Å². The van der Waals surface area contributed by atoms with Crippen LogP contribution in [0.15, 0.2) is 41.3 Å². The normalized spacial score (nSPS) is 22.6. The molecule has 2 atom stereocenters. The zero-order valence-corrected chi connectivity index (χ0v) is 13.1. The van der Waals surface area contributed by atoms with Crippen LogP contribution in [-0.2, 0) is 9.53 Å². The Hall–Kier alpha value is -1.10. The van der Waals surface area contributed by atoms with Gasteiger partial charge in [0.2, 0.25) is 5.12 Å². The fraction of sp³-hybridized carbons (Fsp3) is 0.471. The van der Waals surface area contributed by atoms with Crippen molar-refractivity contribution in [2.45, 2.75) is 49.7 Å². The molecular weight excluding hydrogens is 284 g/mol. The predicted molar refractivity (Wildman–Crippen MR) is 85.4 cm³/mol. The lowest BCUT2D eigenvalue weighted by Gasteiger charge is -2.27. The second-order valence-electron chi connectivity index (χ2n) is 5.33. The van der Waals surface area contributed by atoms with Crippen molar-refractivity contribution < 1.29 is 14.6 Å². The van der Waals surface area contributed by atoms with Crippen LogP contribution >= 0.6 is 11.8 Å². The Morgan fingerprint density at radius 2 is 2.19 bits per heavy atom. The van der Waals surface area contributed by atoms with Gasteiger partial charge in [-0.3, -0.25) is 4.79 Å². The number of thioether (sulfide) groups is 1. The van der Waals surface area contributed by atoms with Gasteiger partial charge in [0.1, 0.15) is 0 Å². The summed E-state index contributed by atoms with van der Waals surface area (Å²) in [7, 11) is 0. The summed E-state index contributed by atoms with van der Waals surface area (Å²) in [6, 6.07) is 7.91. The van der Waals surface area contributed by atoms with Crippen molar-refractivity contribution in [1.29, 1.82) is 0 Å². The van der Waals surface area contributed by atoms with Gasteiger partial charge in [-0.2, -0.15) is 0 Å². The van der Waals surface area contributed by atoms with Crippen LogP contribution in [0, 0.1) is 6.92 Å². The van der Waals surface area contributed by atoms with Crippen LogP contribution < -0.4 is 0 Å². The van der Waals surface area contributed by atoms with Crippen LogP contribution in [0.4, 0.5) is 0 Å². The molecule has 1 fully saturated rings. The van der Waals surface area contributed by atoms with Gasteiger partial charge in [-0.1, -0.05) is 23.8 Å². The smallest absolute Gasteiger partial charge is 0.216 e. The maximum absolute atomic E-state index is 11.8. The van der Waals surface area contributed by atoms with Crippen LogP contribution in [0.3, 0.4) is 0 Å². The molecule has 1 aliphatic rings. The average Bonchev–Trinajstić information content (AvgIpc) is 2.48. The number of benzene rings is 1. The molecule has 0 aromatic heterocycles. The molecule has 0 amide bonds.